The van der Waals surface area contributed by atoms with Crippen molar-refractivity contribution in [2.24, 2.45) is 17.6 Å². The summed E-state index contributed by atoms with van der Waals surface area (Å²) in [6.45, 7) is 0. The van der Waals surface area contributed by atoms with Crippen molar-refractivity contribution in [2.45, 2.75) is 18.9 Å². The summed E-state index contributed by atoms with van der Waals surface area (Å²) in [6.07, 6.45) is 1.61. The Balaban J connectivity index is 2.40. The lowest BCUT2D eigenvalue weighted by atomic mass is 10.2. The summed E-state index contributed by atoms with van der Waals surface area (Å²) in [7, 11) is -1.96. The molecule has 4 heteroatoms. The van der Waals surface area contributed by atoms with E-state index in [1.165, 1.54) is 0 Å². The Labute approximate surface area is 60.8 Å². The molecule has 2 aliphatic carbocycles. The highest BCUT2D eigenvalue weighted by Gasteiger charge is 2.51. The van der Waals surface area contributed by atoms with E-state index in [0.717, 1.165) is 6.42 Å². The van der Waals surface area contributed by atoms with Gasteiger partial charge in [0.05, 0.1) is 4.86 Å². The summed E-state index contributed by atoms with van der Waals surface area (Å²) >= 11 is 0. The Bertz CT molecular complexity index is 285. The highest BCUT2D eigenvalue weighted by Crippen LogP contribution is 2.48. The molecule has 2 fully saturated rings. The van der Waals surface area contributed by atoms with E-state index < -0.39 is 10.3 Å². The summed E-state index contributed by atoms with van der Waals surface area (Å²) in [5.74, 6) is 0.821. The lowest BCUT2D eigenvalue weighted by Gasteiger charge is -1.99. The molecule has 3 atom stereocenters. The molecule has 0 bridgehead atoms. The average Bonchev–Trinajstić information content (AvgIpc) is 2.55. The van der Waals surface area contributed by atoms with Crippen molar-refractivity contribution in [3.8, 4) is 0 Å². The van der Waals surface area contributed by atoms with Crippen molar-refractivity contribution in [2.75, 3.05) is 0 Å². The molecule has 0 heterocycles. The first-order valence-corrected chi connectivity index (χ1v) is 4.48. The van der Waals surface area contributed by atoms with Crippen LogP contribution in [0.3, 0.4) is 0 Å². The molecule has 3 nitrogen and oxygen atoms in total. The minimum absolute atomic E-state index is 0.123. The molecule has 2 aliphatic rings. The SMILES string of the molecule is NC1CC(=S(=O)=O)C2CC12. The van der Waals surface area contributed by atoms with Gasteiger partial charge < -0.3 is 5.73 Å². The maximum absolute atomic E-state index is 10.5. The Morgan fingerprint density at radius 1 is 1.50 bits per heavy atom. The van der Waals surface area contributed by atoms with E-state index in [2.05, 4.69) is 0 Å². The van der Waals surface area contributed by atoms with Crippen LogP contribution in [0, 0.1) is 11.8 Å². The van der Waals surface area contributed by atoms with E-state index in [1.54, 1.807) is 0 Å². The van der Waals surface area contributed by atoms with Crippen molar-refractivity contribution in [3.05, 3.63) is 0 Å². The van der Waals surface area contributed by atoms with Crippen molar-refractivity contribution in [1.29, 1.82) is 0 Å². The van der Waals surface area contributed by atoms with Crippen LogP contribution in [-0.4, -0.2) is 19.3 Å². The van der Waals surface area contributed by atoms with Crippen molar-refractivity contribution < 1.29 is 8.42 Å². The Morgan fingerprint density at radius 3 is 2.40 bits per heavy atom. The van der Waals surface area contributed by atoms with Gasteiger partial charge >= 0.3 is 0 Å². The molecular weight excluding hydrogens is 150 g/mol. The smallest absolute Gasteiger partial charge is 0.213 e. The van der Waals surface area contributed by atoms with E-state index in [4.69, 9.17) is 5.73 Å². The van der Waals surface area contributed by atoms with Crippen LogP contribution in [0.25, 0.3) is 0 Å². The van der Waals surface area contributed by atoms with E-state index >= 15 is 0 Å². The van der Waals surface area contributed by atoms with E-state index in [0.29, 0.717) is 23.1 Å². The van der Waals surface area contributed by atoms with Gasteiger partial charge in [-0.25, -0.2) is 0 Å². The Kier molecular flexibility index (Phi) is 1.16. The molecule has 0 radical (unpaired) electrons. The molecule has 0 aromatic carbocycles. The van der Waals surface area contributed by atoms with Crippen LogP contribution in [0.5, 0.6) is 0 Å². The van der Waals surface area contributed by atoms with Crippen LogP contribution in [0.4, 0.5) is 0 Å². The fourth-order valence-electron chi connectivity index (χ4n) is 1.78. The van der Waals surface area contributed by atoms with Gasteiger partial charge in [-0.15, -0.1) is 0 Å². The summed E-state index contributed by atoms with van der Waals surface area (Å²) < 4.78 is 21.0. The second kappa shape index (κ2) is 1.83. The number of hydrogen-bond donors (Lipinski definition) is 1. The van der Waals surface area contributed by atoms with Gasteiger partial charge in [-0.3, -0.25) is 0 Å². The molecule has 0 amide bonds. The summed E-state index contributed by atoms with van der Waals surface area (Å²) in [4.78, 5) is 0.664. The maximum Gasteiger partial charge on any atom is 0.213 e. The molecular formula is C6H9NO2S. The van der Waals surface area contributed by atoms with Crippen LogP contribution in [-0.2, 0) is 10.3 Å². The average molecular weight is 159 g/mol. The van der Waals surface area contributed by atoms with Crippen molar-refractivity contribution >= 4 is 15.2 Å². The molecule has 0 saturated heterocycles. The number of hydrogen-bond acceptors (Lipinski definition) is 3. The van der Waals surface area contributed by atoms with Gasteiger partial charge in [-0.1, -0.05) is 0 Å². The molecule has 2 rings (SSSR count). The number of fused-ring (bicyclic) bond motifs is 1. The van der Waals surface area contributed by atoms with Gasteiger partial charge in [0.25, 0.3) is 0 Å². The molecule has 0 aliphatic heterocycles. The van der Waals surface area contributed by atoms with Crippen molar-refractivity contribution in [1.82, 2.24) is 0 Å². The predicted molar refractivity (Wildman–Crippen MR) is 38.1 cm³/mol. The van der Waals surface area contributed by atoms with E-state index in [1.807, 2.05) is 0 Å². The summed E-state index contributed by atoms with van der Waals surface area (Å²) in [6, 6.07) is 0.123. The van der Waals surface area contributed by atoms with Crippen LogP contribution < -0.4 is 5.73 Å². The van der Waals surface area contributed by atoms with Crippen molar-refractivity contribution in [3.63, 3.8) is 0 Å². The first-order valence-electron chi connectivity index (χ1n) is 3.40. The van der Waals surface area contributed by atoms with Crippen LogP contribution in [0.2, 0.25) is 0 Å². The van der Waals surface area contributed by atoms with Crippen LogP contribution in [0.15, 0.2) is 0 Å². The Hall–Kier alpha value is -0.350. The van der Waals surface area contributed by atoms with Crippen LogP contribution >= 0.6 is 0 Å². The molecule has 2 N–H and O–H groups in total. The summed E-state index contributed by atoms with van der Waals surface area (Å²) in [5.41, 5.74) is 5.65. The third kappa shape index (κ3) is 0.722. The third-order valence-electron chi connectivity index (χ3n) is 2.45. The monoisotopic (exact) mass is 159 g/mol. The molecule has 10 heavy (non-hydrogen) atoms. The Morgan fingerprint density at radius 2 is 2.20 bits per heavy atom. The standard InChI is InChI=1S/C6H9NO2S/c7-5-2-6(10(8)9)4-1-3(4)5/h3-5H,1-2,7H2. The largest absolute Gasteiger partial charge is 0.327 e. The second-order valence-corrected chi connectivity index (χ2v) is 4.07. The highest BCUT2D eigenvalue weighted by molar-refractivity contribution is 7.73. The predicted octanol–water partition coefficient (Wildman–Crippen LogP) is -0.595. The first kappa shape index (κ1) is 6.37. The van der Waals surface area contributed by atoms with E-state index in [-0.39, 0.29) is 6.04 Å². The normalized spacial score (nSPS) is 43.3. The minimum atomic E-state index is -1.96. The summed E-state index contributed by atoms with van der Waals surface area (Å²) in [5, 5.41) is 0. The zero-order valence-electron chi connectivity index (χ0n) is 5.45. The molecule has 3 unspecified atom stereocenters. The lowest BCUT2D eigenvalue weighted by Crippen LogP contribution is -2.20. The molecule has 2 saturated carbocycles. The fourth-order valence-corrected chi connectivity index (χ4v) is 2.63. The van der Waals surface area contributed by atoms with Crippen LogP contribution in [0.1, 0.15) is 12.8 Å². The van der Waals surface area contributed by atoms with Gasteiger partial charge in [0, 0.05) is 6.04 Å². The lowest BCUT2D eigenvalue weighted by molar-refractivity contribution is 0.625. The van der Waals surface area contributed by atoms with Gasteiger partial charge in [-0.2, -0.15) is 8.42 Å². The zero-order valence-corrected chi connectivity index (χ0v) is 6.26. The number of nitrogens with two attached hydrogens (primary N) is 1. The quantitative estimate of drug-likeness (QED) is 0.480. The molecule has 56 valence electrons. The first-order chi connectivity index (χ1) is 4.70. The molecule has 0 aromatic rings. The van der Waals surface area contributed by atoms with Gasteiger partial charge in [0.1, 0.15) is 0 Å². The maximum atomic E-state index is 10.5. The number of rotatable bonds is 0. The van der Waals surface area contributed by atoms with Gasteiger partial charge in [0.15, 0.2) is 0 Å². The second-order valence-electron chi connectivity index (χ2n) is 3.08. The van der Waals surface area contributed by atoms with Gasteiger partial charge in [0.2, 0.25) is 10.3 Å². The minimum Gasteiger partial charge on any atom is -0.327 e. The molecule has 0 spiro atoms. The van der Waals surface area contributed by atoms with E-state index in [9.17, 15) is 8.42 Å². The molecule has 0 aromatic heterocycles. The topological polar surface area (TPSA) is 60.2 Å². The fraction of sp³-hybridized carbons (Fsp3) is 0.833. The third-order valence-corrected chi connectivity index (χ3v) is 3.35. The van der Waals surface area contributed by atoms with Gasteiger partial charge in [-0.05, 0) is 24.7 Å². The zero-order chi connectivity index (χ0) is 7.30. The highest BCUT2D eigenvalue weighted by atomic mass is 32.2.